The average molecular weight is 378 g/mol. The van der Waals surface area contributed by atoms with Gasteiger partial charge in [-0.1, -0.05) is 26.7 Å². The summed E-state index contributed by atoms with van der Waals surface area (Å²) in [6.45, 7) is 6.92. The highest BCUT2D eigenvalue weighted by Gasteiger charge is 2.51. The third-order valence-electron chi connectivity index (χ3n) is 6.88. The Kier molecular flexibility index (Phi) is 6.69. The van der Waals surface area contributed by atoms with Crippen LogP contribution in [0, 0.1) is 23.7 Å². The predicted octanol–water partition coefficient (Wildman–Crippen LogP) is 3.98. The van der Waals surface area contributed by atoms with Gasteiger partial charge in [0.05, 0.1) is 0 Å². The van der Waals surface area contributed by atoms with E-state index < -0.39 is 0 Å². The van der Waals surface area contributed by atoms with Gasteiger partial charge < -0.3 is 16.0 Å². The summed E-state index contributed by atoms with van der Waals surface area (Å²) in [6, 6.07) is 0.117. The van der Waals surface area contributed by atoms with Crippen molar-refractivity contribution in [1.82, 2.24) is 16.0 Å². The molecule has 0 radical (unpaired) electrons. The smallest absolute Gasteiger partial charge is 0.315 e. The fourth-order valence-electron chi connectivity index (χ4n) is 6.09. The molecule has 4 aliphatic rings. The summed E-state index contributed by atoms with van der Waals surface area (Å²) < 4.78 is 0. The third kappa shape index (κ3) is 5.86. The highest BCUT2D eigenvalue weighted by Crippen LogP contribution is 2.55. The zero-order chi connectivity index (χ0) is 19.4. The molecule has 27 heavy (non-hydrogen) atoms. The molecule has 5 nitrogen and oxygen atoms in total. The monoisotopic (exact) mass is 377 g/mol. The van der Waals surface area contributed by atoms with E-state index in [4.69, 9.17) is 0 Å². The third-order valence-corrected chi connectivity index (χ3v) is 6.88. The Labute approximate surface area is 164 Å². The van der Waals surface area contributed by atoms with Crippen LogP contribution in [0.3, 0.4) is 0 Å². The number of rotatable bonds is 9. The van der Waals surface area contributed by atoms with Gasteiger partial charge >= 0.3 is 6.03 Å². The van der Waals surface area contributed by atoms with E-state index in [2.05, 4.69) is 36.7 Å². The van der Waals surface area contributed by atoms with Crippen LogP contribution in [-0.4, -0.2) is 30.1 Å². The van der Waals surface area contributed by atoms with Crippen LogP contribution in [0.4, 0.5) is 4.79 Å². The topological polar surface area (TPSA) is 70.2 Å². The molecule has 4 saturated carbocycles. The summed E-state index contributed by atoms with van der Waals surface area (Å²) in [5, 5.41) is 9.25. The first-order valence-electron chi connectivity index (χ1n) is 11.2. The zero-order valence-corrected chi connectivity index (χ0v) is 17.5. The maximum atomic E-state index is 12.4. The van der Waals surface area contributed by atoms with E-state index in [1.807, 2.05) is 0 Å². The molecule has 1 unspecified atom stereocenters. The molecule has 0 heterocycles. The molecule has 0 aromatic rings. The Morgan fingerprint density at radius 2 is 1.56 bits per heavy atom. The van der Waals surface area contributed by atoms with Gasteiger partial charge in [0.25, 0.3) is 0 Å². The van der Waals surface area contributed by atoms with E-state index in [-0.39, 0.29) is 23.5 Å². The Morgan fingerprint density at radius 3 is 2.11 bits per heavy atom. The van der Waals surface area contributed by atoms with Gasteiger partial charge in [-0.2, -0.15) is 0 Å². The van der Waals surface area contributed by atoms with Gasteiger partial charge in [-0.15, -0.1) is 0 Å². The van der Waals surface area contributed by atoms with Crippen LogP contribution in [0.2, 0.25) is 0 Å². The highest BCUT2D eigenvalue weighted by molar-refractivity contribution is 5.78. The van der Waals surface area contributed by atoms with Crippen LogP contribution in [0.1, 0.15) is 85.0 Å². The van der Waals surface area contributed by atoms with Gasteiger partial charge in [0.2, 0.25) is 5.91 Å². The van der Waals surface area contributed by atoms with Gasteiger partial charge in [0.15, 0.2) is 0 Å². The van der Waals surface area contributed by atoms with Crippen molar-refractivity contribution in [1.29, 1.82) is 0 Å². The average Bonchev–Trinajstić information content (AvgIpc) is 2.52. The van der Waals surface area contributed by atoms with Crippen molar-refractivity contribution in [2.24, 2.45) is 23.7 Å². The summed E-state index contributed by atoms with van der Waals surface area (Å²) >= 11 is 0. The molecule has 4 aliphatic carbocycles. The molecule has 0 aromatic heterocycles. The molecular formula is C22H39N3O2. The Balaban J connectivity index is 1.31. The number of amides is 3. The van der Waals surface area contributed by atoms with Crippen LogP contribution in [0.5, 0.6) is 0 Å². The van der Waals surface area contributed by atoms with E-state index in [1.165, 1.54) is 25.7 Å². The lowest BCUT2D eigenvalue weighted by atomic mass is 9.53. The molecule has 4 fully saturated rings. The lowest BCUT2D eigenvalue weighted by Gasteiger charge is -2.56. The Hall–Kier alpha value is -1.26. The number of hydrogen-bond donors (Lipinski definition) is 3. The second kappa shape index (κ2) is 8.83. The van der Waals surface area contributed by atoms with Gasteiger partial charge in [-0.3, -0.25) is 4.79 Å². The number of carbonyl (C=O) groups is 2. The van der Waals surface area contributed by atoms with Crippen LogP contribution >= 0.6 is 0 Å². The van der Waals surface area contributed by atoms with Crippen molar-refractivity contribution in [2.45, 2.75) is 96.6 Å². The van der Waals surface area contributed by atoms with Crippen LogP contribution < -0.4 is 16.0 Å². The maximum Gasteiger partial charge on any atom is 0.315 e. The minimum Gasteiger partial charge on any atom is -0.354 e. The van der Waals surface area contributed by atoms with Gasteiger partial charge in [0.1, 0.15) is 0 Å². The fraction of sp³-hybridized carbons (Fsp3) is 0.909. The normalized spacial score (nSPS) is 32.4. The van der Waals surface area contributed by atoms with Gasteiger partial charge in [-0.05, 0) is 75.5 Å². The summed E-state index contributed by atoms with van der Waals surface area (Å²) in [4.78, 5) is 24.4. The first-order chi connectivity index (χ1) is 12.8. The highest BCUT2D eigenvalue weighted by atomic mass is 16.2. The molecule has 4 rings (SSSR count). The van der Waals surface area contributed by atoms with E-state index in [1.54, 1.807) is 0 Å². The quantitative estimate of drug-likeness (QED) is 0.569. The minimum absolute atomic E-state index is 0.0298. The summed E-state index contributed by atoms with van der Waals surface area (Å²) in [5.74, 6) is 3.20. The second-order valence-electron chi connectivity index (χ2n) is 10.1. The van der Waals surface area contributed by atoms with Gasteiger partial charge in [-0.25, -0.2) is 4.79 Å². The van der Waals surface area contributed by atoms with Crippen LogP contribution in [0.25, 0.3) is 0 Å². The number of urea groups is 1. The standard InChI is InChI=1S/C22H39N3O2/c1-15(2)5-4-6-16(3)24-20(26)7-8-23-21(27)25-22-12-17-9-18(13-22)11-19(10-17)14-22/h15-19H,4-14H2,1-3H3,(H,24,26)(H2,23,25,27). The van der Waals surface area contributed by atoms with Crippen molar-refractivity contribution in [3.05, 3.63) is 0 Å². The number of carbonyl (C=O) groups excluding carboxylic acids is 2. The van der Waals surface area contributed by atoms with E-state index in [0.29, 0.717) is 18.9 Å². The van der Waals surface area contributed by atoms with Crippen LogP contribution in [-0.2, 0) is 4.79 Å². The predicted molar refractivity (Wildman–Crippen MR) is 108 cm³/mol. The van der Waals surface area contributed by atoms with Gasteiger partial charge in [0, 0.05) is 24.5 Å². The maximum absolute atomic E-state index is 12.4. The Morgan fingerprint density at radius 1 is 0.963 bits per heavy atom. The lowest BCUT2D eigenvalue weighted by Crippen LogP contribution is -2.61. The molecule has 3 N–H and O–H groups in total. The molecule has 0 spiro atoms. The minimum atomic E-state index is -0.0882. The summed E-state index contributed by atoms with van der Waals surface area (Å²) in [7, 11) is 0. The van der Waals surface area contributed by atoms with Crippen molar-refractivity contribution < 1.29 is 9.59 Å². The molecule has 0 saturated heterocycles. The molecular weight excluding hydrogens is 338 g/mol. The largest absolute Gasteiger partial charge is 0.354 e. The fourth-order valence-corrected chi connectivity index (χ4v) is 6.09. The first-order valence-corrected chi connectivity index (χ1v) is 11.2. The van der Waals surface area contributed by atoms with Crippen molar-refractivity contribution in [2.75, 3.05) is 6.54 Å². The van der Waals surface area contributed by atoms with E-state index in [0.717, 1.165) is 49.9 Å². The molecule has 1 atom stereocenters. The molecule has 4 bridgehead atoms. The molecule has 5 heteroatoms. The lowest BCUT2D eigenvalue weighted by molar-refractivity contribution is -0.121. The van der Waals surface area contributed by atoms with Crippen LogP contribution in [0.15, 0.2) is 0 Å². The summed E-state index contributed by atoms with van der Waals surface area (Å²) in [6.07, 6.45) is 11.3. The number of nitrogens with one attached hydrogen (secondary N) is 3. The second-order valence-corrected chi connectivity index (χ2v) is 10.1. The van der Waals surface area contributed by atoms with E-state index in [9.17, 15) is 9.59 Å². The van der Waals surface area contributed by atoms with Crippen molar-refractivity contribution >= 4 is 11.9 Å². The van der Waals surface area contributed by atoms with Crippen molar-refractivity contribution in [3.63, 3.8) is 0 Å². The first kappa shape index (κ1) is 20.5. The Bertz CT molecular complexity index is 496. The molecule has 0 aliphatic heterocycles. The summed E-state index contributed by atoms with van der Waals surface area (Å²) in [5.41, 5.74) is 0.0338. The van der Waals surface area contributed by atoms with Crippen molar-refractivity contribution in [3.8, 4) is 0 Å². The SMILES string of the molecule is CC(C)CCCC(C)NC(=O)CCNC(=O)NC12CC3CC(CC(C3)C1)C2. The zero-order valence-electron chi connectivity index (χ0n) is 17.5. The molecule has 154 valence electrons. The molecule has 0 aromatic carbocycles. The molecule has 3 amide bonds. The van der Waals surface area contributed by atoms with E-state index >= 15 is 0 Å². The number of hydrogen-bond acceptors (Lipinski definition) is 2.